The third-order valence-electron chi connectivity index (χ3n) is 4.04. The van der Waals surface area contributed by atoms with Gasteiger partial charge in [0.1, 0.15) is 0 Å². The van der Waals surface area contributed by atoms with Crippen LogP contribution in [0, 0.1) is 0 Å². The Morgan fingerprint density at radius 2 is 2.04 bits per heavy atom. The second kappa shape index (κ2) is 5.72. The fourth-order valence-corrected chi connectivity index (χ4v) is 2.81. The van der Waals surface area contributed by atoms with Gasteiger partial charge in [0, 0.05) is 24.6 Å². The lowest BCUT2D eigenvalue weighted by Gasteiger charge is -2.13. The van der Waals surface area contributed by atoms with Crippen molar-refractivity contribution in [3.63, 3.8) is 0 Å². The maximum Gasteiger partial charge on any atom is 0.289 e. The van der Waals surface area contributed by atoms with Crippen molar-refractivity contribution in [2.45, 2.75) is 12.3 Å². The van der Waals surface area contributed by atoms with Gasteiger partial charge in [0.05, 0.1) is 6.26 Å². The zero-order chi connectivity index (χ0) is 15.6. The molecule has 4 rings (SSSR count). The number of likely N-dealkylation sites (tertiary alicyclic amines) is 1. The summed E-state index contributed by atoms with van der Waals surface area (Å²) in [6.45, 7) is 1.24. The third kappa shape index (κ3) is 2.63. The van der Waals surface area contributed by atoms with Crippen LogP contribution in [0.1, 0.15) is 28.7 Å². The molecule has 3 heterocycles. The first kappa shape index (κ1) is 13.8. The summed E-state index contributed by atoms with van der Waals surface area (Å²) in [7, 11) is 0. The van der Waals surface area contributed by atoms with Gasteiger partial charge in [0.25, 0.3) is 11.8 Å². The van der Waals surface area contributed by atoms with Gasteiger partial charge in [0.15, 0.2) is 11.6 Å². The van der Waals surface area contributed by atoms with E-state index in [0.717, 1.165) is 12.0 Å². The number of aromatic nitrogens is 2. The molecule has 1 fully saturated rings. The van der Waals surface area contributed by atoms with Crippen molar-refractivity contribution < 1.29 is 13.7 Å². The molecule has 1 aliphatic rings. The number of hydrogen-bond donors (Lipinski definition) is 0. The fraction of sp³-hybridized carbons (Fsp3) is 0.235. The van der Waals surface area contributed by atoms with Crippen molar-refractivity contribution in [2.24, 2.45) is 0 Å². The van der Waals surface area contributed by atoms with Crippen LogP contribution in [0.25, 0.3) is 11.5 Å². The predicted molar refractivity (Wildman–Crippen MR) is 81.7 cm³/mol. The van der Waals surface area contributed by atoms with E-state index in [1.54, 1.807) is 17.0 Å². The van der Waals surface area contributed by atoms with Crippen LogP contribution < -0.4 is 0 Å². The van der Waals surface area contributed by atoms with Crippen LogP contribution >= 0.6 is 0 Å². The Hall–Kier alpha value is -2.89. The minimum absolute atomic E-state index is 0.0927. The highest BCUT2D eigenvalue weighted by Crippen LogP contribution is 2.28. The molecule has 23 heavy (non-hydrogen) atoms. The van der Waals surface area contributed by atoms with Gasteiger partial charge in [-0.05, 0) is 30.7 Å². The monoisotopic (exact) mass is 309 g/mol. The van der Waals surface area contributed by atoms with Crippen molar-refractivity contribution in [1.29, 1.82) is 0 Å². The molecule has 0 unspecified atom stereocenters. The minimum atomic E-state index is -0.0933. The molecular weight excluding hydrogens is 294 g/mol. The van der Waals surface area contributed by atoms with Crippen LogP contribution in [0.5, 0.6) is 0 Å². The SMILES string of the molecule is O=C(c1ccco1)N1CC[C@H](c2noc(-c3ccccc3)n2)C1. The number of rotatable bonds is 3. The number of carbonyl (C=O) groups excluding carboxylic acids is 1. The van der Waals surface area contributed by atoms with E-state index in [4.69, 9.17) is 8.94 Å². The van der Waals surface area contributed by atoms with E-state index < -0.39 is 0 Å². The Morgan fingerprint density at radius 1 is 1.17 bits per heavy atom. The van der Waals surface area contributed by atoms with Crippen molar-refractivity contribution in [1.82, 2.24) is 15.0 Å². The quantitative estimate of drug-likeness (QED) is 0.743. The summed E-state index contributed by atoms with van der Waals surface area (Å²) in [6.07, 6.45) is 2.33. The van der Waals surface area contributed by atoms with Gasteiger partial charge in [-0.2, -0.15) is 4.98 Å². The second-order valence-electron chi connectivity index (χ2n) is 5.54. The summed E-state index contributed by atoms with van der Waals surface area (Å²) in [6, 6.07) is 13.0. The lowest BCUT2D eigenvalue weighted by Crippen LogP contribution is -2.28. The van der Waals surface area contributed by atoms with Crippen LogP contribution in [0.2, 0.25) is 0 Å². The van der Waals surface area contributed by atoms with Gasteiger partial charge < -0.3 is 13.8 Å². The number of benzene rings is 1. The molecule has 0 aliphatic carbocycles. The topological polar surface area (TPSA) is 72.4 Å². The fourth-order valence-electron chi connectivity index (χ4n) is 2.81. The minimum Gasteiger partial charge on any atom is -0.459 e. The third-order valence-corrected chi connectivity index (χ3v) is 4.04. The number of nitrogens with zero attached hydrogens (tertiary/aromatic N) is 3. The zero-order valence-electron chi connectivity index (χ0n) is 12.4. The summed E-state index contributed by atoms with van der Waals surface area (Å²) in [5.41, 5.74) is 0.896. The maximum absolute atomic E-state index is 12.3. The van der Waals surface area contributed by atoms with E-state index in [0.29, 0.717) is 30.6 Å². The van der Waals surface area contributed by atoms with Crippen LogP contribution in [-0.4, -0.2) is 34.0 Å². The molecule has 0 spiro atoms. The number of furan rings is 1. The lowest BCUT2D eigenvalue weighted by molar-refractivity contribution is 0.0759. The smallest absolute Gasteiger partial charge is 0.289 e. The first-order chi connectivity index (χ1) is 11.3. The van der Waals surface area contributed by atoms with Crippen LogP contribution in [0.15, 0.2) is 57.7 Å². The molecule has 3 aromatic rings. The van der Waals surface area contributed by atoms with Gasteiger partial charge >= 0.3 is 0 Å². The highest BCUT2D eigenvalue weighted by Gasteiger charge is 2.32. The molecule has 6 nitrogen and oxygen atoms in total. The van der Waals surface area contributed by atoms with E-state index in [1.165, 1.54) is 6.26 Å². The highest BCUT2D eigenvalue weighted by atomic mass is 16.5. The summed E-state index contributed by atoms with van der Waals surface area (Å²) >= 11 is 0. The van der Waals surface area contributed by atoms with Crippen molar-refractivity contribution in [3.05, 3.63) is 60.3 Å². The molecule has 0 bridgehead atoms. The number of hydrogen-bond acceptors (Lipinski definition) is 5. The Labute approximate surface area is 132 Å². The van der Waals surface area contributed by atoms with E-state index in [9.17, 15) is 4.79 Å². The first-order valence-electron chi connectivity index (χ1n) is 7.53. The van der Waals surface area contributed by atoms with E-state index >= 15 is 0 Å². The summed E-state index contributed by atoms with van der Waals surface area (Å²) in [5, 5.41) is 4.08. The van der Waals surface area contributed by atoms with E-state index in [1.807, 2.05) is 30.3 Å². The second-order valence-corrected chi connectivity index (χ2v) is 5.54. The normalized spacial score (nSPS) is 17.6. The Balaban J connectivity index is 1.48. The van der Waals surface area contributed by atoms with Crippen LogP contribution in [-0.2, 0) is 0 Å². The van der Waals surface area contributed by atoms with Gasteiger partial charge in [-0.25, -0.2) is 0 Å². The van der Waals surface area contributed by atoms with Gasteiger partial charge in [-0.1, -0.05) is 23.4 Å². The molecule has 0 saturated carbocycles. The highest BCUT2D eigenvalue weighted by molar-refractivity contribution is 5.91. The average Bonchev–Trinajstić information content (AvgIpc) is 3.35. The molecule has 0 N–H and O–H groups in total. The molecule has 1 atom stereocenters. The van der Waals surface area contributed by atoms with E-state index in [-0.39, 0.29) is 11.8 Å². The average molecular weight is 309 g/mol. The van der Waals surface area contributed by atoms with Crippen molar-refractivity contribution in [3.8, 4) is 11.5 Å². The van der Waals surface area contributed by atoms with Crippen LogP contribution in [0.4, 0.5) is 0 Å². The van der Waals surface area contributed by atoms with Gasteiger partial charge in [-0.15, -0.1) is 0 Å². The van der Waals surface area contributed by atoms with Crippen molar-refractivity contribution >= 4 is 5.91 Å². The predicted octanol–water partition coefficient (Wildman–Crippen LogP) is 2.96. The molecule has 1 saturated heterocycles. The number of amides is 1. The summed E-state index contributed by atoms with van der Waals surface area (Å²) < 4.78 is 10.5. The Morgan fingerprint density at radius 3 is 2.83 bits per heavy atom. The Kier molecular flexibility index (Phi) is 3.42. The largest absolute Gasteiger partial charge is 0.459 e. The molecule has 116 valence electrons. The van der Waals surface area contributed by atoms with Gasteiger partial charge in [0.2, 0.25) is 0 Å². The molecule has 1 aromatic carbocycles. The number of carbonyl (C=O) groups is 1. The molecule has 1 amide bonds. The zero-order valence-corrected chi connectivity index (χ0v) is 12.4. The van der Waals surface area contributed by atoms with Crippen LogP contribution in [0.3, 0.4) is 0 Å². The summed E-state index contributed by atoms with van der Waals surface area (Å²) in [5.74, 6) is 1.53. The molecule has 6 heteroatoms. The molecular formula is C17H15N3O3. The van der Waals surface area contributed by atoms with E-state index in [2.05, 4.69) is 10.1 Å². The molecule has 2 aromatic heterocycles. The maximum atomic E-state index is 12.3. The van der Waals surface area contributed by atoms with Crippen molar-refractivity contribution in [2.75, 3.05) is 13.1 Å². The lowest BCUT2D eigenvalue weighted by atomic mass is 10.1. The molecule has 0 radical (unpaired) electrons. The Bertz CT molecular complexity index is 796. The van der Waals surface area contributed by atoms with Gasteiger partial charge in [-0.3, -0.25) is 4.79 Å². The standard InChI is InChI=1S/C17H15N3O3/c21-17(14-7-4-10-22-14)20-9-8-13(11-20)15-18-16(23-19-15)12-5-2-1-3-6-12/h1-7,10,13H,8-9,11H2/t13-/m0/s1. The molecule has 1 aliphatic heterocycles. The summed E-state index contributed by atoms with van der Waals surface area (Å²) in [4.78, 5) is 18.5. The first-order valence-corrected chi connectivity index (χ1v) is 7.53.